The van der Waals surface area contributed by atoms with E-state index in [9.17, 15) is 18.0 Å². The highest BCUT2D eigenvalue weighted by atomic mass is 19.3. The van der Waals surface area contributed by atoms with Crippen LogP contribution in [-0.2, 0) is 9.53 Å². The summed E-state index contributed by atoms with van der Waals surface area (Å²) in [7, 11) is 0. The number of hydrogen-bond donors (Lipinski definition) is 0. The van der Waals surface area contributed by atoms with Crippen LogP contribution in [0.3, 0.4) is 0 Å². The van der Waals surface area contributed by atoms with E-state index in [2.05, 4.69) is 4.74 Å². The van der Waals surface area contributed by atoms with Gasteiger partial charge in [-0.2, -0.15) is 0 Å². The van der Waals surface area contributed by atoms with Gasteiger partial charge in [0.1, 0.15) is 0 Å². The van der Waals surface area contributed by atoms with E-state index >= 15 is 0 Å². The van der Waals surface area contributed by atoms with Crippen LogP contribution in [0.1, 0.15) is 20.8 Å². The maximum Gasteiger partial charge on any atom is 0.350 e. The van der Waals surface area contributed by atoms with Crippen LogP contribution in [0.25, 0.3) is 0 Å². The van der Waals surface area contributed by atoms with Crippen LogP contribution in [0.15, 0.2) is 0 Å². The van der Waals surface area contributed by atoms with Gasteiger partial charge < -0.3 is 4.74 Å². The third kappa shape index (κ3) is 2.12. The monoisotopic (exact) mass is 184 g/mol. The zero-order valence-corrected chi connectivity index (χ0v) is 7.16. The predicted molar refractivity (Wildman–Crippen MR) is 36.8 cm³/mol. The van der Waals surface area contributed by atoms with Crippen molar-refractivity contribution in [3.8, 4) is 0 Å². The molecule has 0 aromatic carbocycles. The molecule has 1 atom stereocenters. The van der Waals surface area contributed by atoms with Crippen molar-refractivity contribution in [2.45, 2.75) is 32.4 Å². The molecule has 0 radical (unpaired) electrons. The minimum absolute atomic E-state index is 0.117. The maximum atomic E-state index is 13.0. The largest absolute Gasteiger partial charge is 0.463 e. The third-order valence-corrected chi connectivity index (χ3v) is 1.48. The molecule has 0 N–H and O–H groups in total. The molecule has 1 unspecified atom stereocenters. The average molecular weight is 184 g/mol. The highest BCUT2D eigenvalue weighted by molar-refractivity contribution is 5.80. The van der Waals surface area contributed by atoms with Crippen LogP contribution in [0.5, 0.6) is 0 Å². The van der Waals surface area contributed by atoms with Gasteiger partial charge in [0.25, 0.3) is 11.6 Å². The quantitative estimate of drug-likeness (QED) is 0.626. The Balaban J connectivity index is 4.50. The summed E-state index contributed by atoms with van der Waals surface area (Å²) < 4.78 is 41.9. The molecule has 0 aromatic rings. The zero-order valence-electron chi connectivity index (χ0n) is 7.16. The lowest BCUT2D eigenvalue weighted by Gasteiger charge is -2.24. The lowest BCUT2D eigenvalue weighted by atomic mass is 10.0. The number of halogens is 3. The summed E-state index contributed by atoms with van der Waals surface area (Å²) in [5.41, 5.74) is -3.25. The fraction of sp³-hybridized carbons (Fsp3) is 0.857. The maximum absolute atomic E-state index is 13.0. The topological polar surface area (TPSA) is 26.3 Å². The molecule has 0 aliphatic heterocycles. The van der Waals surface area contributed by atoms with Crippen molar-refractivity contribution in [1.29, 1.82) is 0 Å². The fourth-order valence-corrected chi connectivity index (χ4v) is 0.446. The van der Waals surface area contributed by atoms with Crippen molar-refractivity contribution in [3.63, 3.8) is 0 Å². The van der Waals surface area contributed by atoms with Gasteiger partial charge in [-0.25, -0.2) is 18.0 Å². The van der Waals surface area contributed by atoms with Crippen LogP contribution in [0.4, 0.5) is 13.2 Å². The molecule has 0 aliphatic carbocycles. The van der Waals surface area contributed by atoms with E-state index < -0.39 is 17.6 Å². The van der Waals surface area contributed by atoms with Crippen LogP contribution >= 0.6 is 0 Å². The summed E-state index contributed by atoms with van der Waals surface area (Å²) in [4.78, 5) is 10.6. The van der Waals surface area contributed by atoms with Crippen LogP contribution < -0.4 is 0 Å². The van der Waals surface area contributed by atoms with Gasteiger partial charge in [-0.1, -0.05) is 0 Å². The molecule has 5 heteroatoms. The Hall–Kier alpha value is -0.740. The van der Waals surface area contributed by atoms with E-state index in [1.807, 2.05) is 0 Å². The number of esters is 1. The molecule has 0 rings (SSSR count). The Morgan fingerprint density at radius 2 is 1.75 bits per heavy atom. The second kappa shape index (κ2) is 3.33. The summed E-state index contributed by atoms with van der Waals surface area (Å²) in [5.74, 6) is -5.25. The summed E-state index contributed by atoms with van der Waals surface area (Å²) in [6.07, 6.45) is 0. The Labute approximate surface area is 68.7 Å². The number of carbonyl (C=O) groups is 1. The van der Waals surface area contributed by atoms with Gasteiger partial charge in [0.2, 0.25) is 0 Å². The first kappa shape index (κ1) is 11.3. The molecule has 0 saturated heterocycles. The zero-order chi connectivity index (χ0) is 9.99. The number of alkyl halides is 3. The first-order valence-electron chi connectivity index (χ1n) is 3.47. The lowest BCUT2D eigenvalue weighted by Crippen LogP contribution is -2.47. The van der Waals surface area contributed by atoms with Gasteiger partial charge in [-0.3, -0.25) is 0 Å². The molecule has 0 amide bonds. The molecule has 0 heterocycles. The molecule has 0 bridgehead atoms. The van der Waals surface area contributed by atoms with E-state index in [0.717, 1.165) is 0 Å². The molecule has 12 heavy (non-hydrogen) atoms. The van der Waals surface area contributed by atoms with Crippen molar-refractivity contribution >= 4 is 5.97 Å². The predicted octanol–water partition coefficient (Wildman–Crippen LogP) is 1.93. The normalized spacial score (nSPS) is 16.8. The molecule has 72 valence electrons. The van der Waals surface area contributed by atoms with Crippen LogP contribution in [0, 0.1) is 0 Å². The number of rotatable bonds is 3. The number of ether oxygens (including phenoxy) is 1. The highest BCUT2D eigenvalue weighted by Gasteiger charge is 2.54. The first-order chi connectivity index (χ1) is 5.23. The molecular weight excluding hydrogens is 173 g/mol. The number of carbonyl (C=O) groups excluding carboxylic acids is 1. The summed E-state index contributed by atoms with van der Waals surface area (Å²) in [6.45, 7) is 2.14. The van der Waals surface area contributed by atoms with E-state index in [1.165, 1.54) is 6.92 Å². The minimum atomic E-state index is -3.72. The average Bonchev–Trinajstić information content (AvgIpc) is 1.85. The molecule has 0 aliphatic rings. The van der Waals surface area contributed by atoms with Crippen LogP contribution in [0.2, 0.25) is 0 Å². The second-order valence-corrected chi connectivity index (χ2v) is 2.61. The first-order valence-corrected chi connectivity index (χ1v) is 3.47. The summed E-state index contributed by atoms with van der Waals surface area (Å²) >= 11 is 0. The van der Waals surface area contributed by atoms with Gasteiger partial charge in [0.15, 0.2) is 0 Å². The molecule has 0 spiro atoms. The van der Waals surface area contributed by atoms with E-state index in [1.54, 1.807) is 0 Å². The van der Waals surface area contributed by atoms with Crippen LogP contribution in [-0.4, -0.2) is 24.2 Å². The Bertz CT molecular complexity index is 172. The molecular formula is C7H11F3O2. The SMILES string of the molecule is CCOC(=O)C(C)(F)C(C)(F)F. The molecule has 0 saturated carbocycles. The summed E-state index contributed by atoms with van der Waals surface area (Å²) in [5, 5.41) is 0. The van der Waals surface area contributed by atoms with E-state index in [0.29, 0.717) is 13.8 Å². The fourth-order valence-electron chi connectivity index (χ4n) is 0.446. The lowest BCUT2D eigenvalue weighted by molar-refractivity contribution is -0.182. The standard InChI is InChI=1S/C7H11F3O2/c1-4-12-5(11)6(2,8)7(3,9)10/h4H2,1-3H3. The number of hydrogen-bond acceptors (Lipinski definition) is 2. The van der Waals surface area contributed by atoms with Gasteiger partial charge in [-0.05, 0) is 13.8 Å². The van der Waals surface area contributed by atoms with Crippen molar-refractivity contribution in [3.05, 3.63) is 0 Å². The third-order valence-electron chi connectivity index (χ3n) is 1.48. The van der Waals surface area contributed by atoms with Gasteiger partial charge in [0, 0.05) is 6.92 Å². The Kier molecular flexibility index (Phi) is 3.12. The minimum Gasteiger partial charge on any atom is -0.463 e. The van der Waals surface area contributed by atoms with Gasteiger partial charge in [0.05, 0.1) is 6.61 Å². The molecule has 0 aromatic heterocycles. The van der Waals surface area contributed by atoms with E-state index in [-0.39, 0.29) is 6.61 Å². The van der Waals surface area contributed by atoms with Gasteiger partial charge in [-0.15, -0.1) is 0 Å². The summed E-state index contributed by atoms with van der Waals surface area (Å²) in [6, 6.07) is 0. The highest BCUT2D eigenvalue weighted by Crippen LogP contribution is 2.32. The van der Waals surface area contributed by atoms with E-state index in [4.69, 9.17) is 0 Å². The van der Waals surface area contributed by atoms with Crippen molar-refractivity contribution in [2.24, 2.45) is 0 Å². The molecule has 2 nitrogen and oxygen atoms in total. The van der Waals surface area contributed by atoms with Crippen molar-refractivity contribution < 1.29 is 22.7 Å². The Morgan fingerprint density at radius 3 is 2.00 bits per heavy atom. The Morgan fingerprint density at radius 1 is 1.33 bits per heavy atom. The second-order valence-electron chi connectivity index (χ2n) is 2.61. The van der Waals surface area contributed by atoms with Crippen molar-refractivity contribution in [1.82, 2.24) is 0 Å². The van der Waals surface area contributed by atoms with Crippen molar-refractivity contribution in [2.75, 3.05) is 6.61 Å². The molecule has 0 fully saturated rings. The van der Waals surface area contributed by atoms with Gasteiger partial charge >= 0.3 is 5.97 Å². The smallest absolute Gasteiger partial charge is 0.350 e.